The van der Waals surface area contributed by atoms with Crippen molar-refractivity contribution in [2.45, 2.75) is 19.4 Å². The summed E-state index contributed by atoms with van der Waals surface area (Å²) in [6, 6.07) is 0. The highest BCUT2D eigenvalue weighted by molar-refractivity contribution is 6.41. The van der Waals surface area contributed by atoms with Gasteiger partial charge in [0.15, 0.2) is 0 Å². The van der Waals surface area contributed by atoms with Crippen molar-refractivity contribution in [2.75, 3.05) is 0 Å². The number of carbonyl (C=O) groups is 2. The number of Topliss-reactive ketones (excluding diaryl/α,β-unsaturated/α-hetero) is 2. The van der Waals surface area contributed by atoms with Crippen LogP contribution in [0.2, 0.25) is 0 Å². The minimum absolute atomic E-state index is 0.271. The maximum atomic E-state index is 10.6. The van der Waals surface area contributed by atoms with Gasteiger partial charge in [0.05, 0.1) is 0 Å². The first-order valence-electron chi connectivity index (χ1n) is 2.89. The predicted octanol–water partition coefficient (Wildman–Crippen LogP) is -0.475. The van der Waals surface area contributed by atoms with Gasteiger partial charge in [-0.15, -0.1) is 0 Å². The largest absolute Gasteiger partial charge is 0.385 e. The van der Waals surface area contributed by atoms with Crippen LogP contribution in [0.15, 0.2) is 0 Å². The van der Waals surface area contributed by atoms with Crippen molar-refractivity contribution in [1.29, 1.82) is 0 Å². The summed E-state index contributed by atoms with van der Waals surface area (Å²) in [4.78, 5) is 21.1. The van der Waals surface area contributed by atoms with E-state index in [0.29, 0.717) is 6.42 Å². The van der Waals surface area contributed by atoms with Crippen molar-refractivity contribution in [3.8, 4) is 0 Å². The zero-order valence-corrected chi connectivity index (χ0v) is 5.13. The normalized spacial score (nSPS) is 35.8. The summed E-state index contributed by atoms with van der Waals surface area (Å²) in [6.45, 7) is 1.65. The second-order valence-corrected chi connectivity index (χ2v) is 2.38. The minimum atomic E-state index is -1.02. The van der Waals surface area contributed by atoms with Crippen LogP contribution >= 0.6 is 0 Å². The molecule has 1 fully saturated rings. The van der Waals surface area contributed by atoms with Crippen molar-refractivity contribution in [3.63, 3.8) is 0 Å². The first-order chi connectivity index (χ1) is 4.13. The highest BCUT2D eigenvalue weighted by Crippen LogP contribution is 2.17. The molecule has 2 atom stereocenters. The lowest BCUT2D eigenvalue weighted by Gasteiger charge is -1.92. The molecule has 1 aliphatic carbocycles. The second kappa shape index (κ2) is 1.92. The Hall–Kier alpha value is -0.700. The fraction of sp³-hybridized carbons (Fsp3) is 0.667. The van der Waals surface area contributed by atoms with E-state index in [1.165, 1.54) is 0 Å². The lowest BCUT2D eigenvalue weighted by molar-refractivity contribution is -0.138. The van der Waals surface area contributed by atoms with Crippen LogP contribution < -0.4 is 0 Å². The molecule has 0 aliphatic heterocycles. The number of hydrogen-bond donors (Lipinski definition) is 1. The third-order valence-electron chi connectivity index (χ3n) is 1.57. The van der Waals surface area contributed by atoms with Crippen molar-refractivity contribution >= 4 is 11.6 Å². The molecule has 50 valence electrons. The Balaban J connectivity index is 2.77. The zero-order valence-electron chi connectivity index (χ0n) is 5.13. The Morgan fingerprint density at radius 2 is 2.00 bits per heavy atom. The summed E-state index contributed by atoms with van der Waals surface area (Å²) in [5.74, 6) is -1.32. The van der Waals surface area contributed by atoms with Gasteiger partial charge in [0.2, 0.25) is 11.6 Å². The maximum absolute atomic E-state index is 10.6. The van der Waals surface area contributed by atoms with Crippen molar-refractivity contribution in [2.24, 2.45) is 5.92 Å². The van der Waals surface area contributed by atoms with Crippen LogP contribution in [0.4, 0.5) is 0 Å². The van der Waals surface area contributed by atoms with Gasteiger partial charge in [0.25, 0.3) is 0 Å². The molecule has 1 aliphatic rings. The van der Waals surface area contributed by atoms with Crippen molar-refractivity contribution in [1.82, 2.24) is 0 Å². The Labute approximate surface area is 52.7 Å². The van der Waals surface area contributed by atoms with Crippen LogP contribution in [-0.4, -0.2) is 22.8 Å². The highest BCUT2D eigenvalue weighted by atomic mass is 16.3. The van der Waals surface area contributed by atoms with Gasteiger partial charge in [-0.1, -0.05) is 6.92 Å². The second-order valence-electron chi connectivity index (χ2n) is 2.38. The molecule has 0 heterocycles. The Bertz CT molecular complexity index is 144. The van der Waals surface area contributed by atoms with E-state index in [2.05, 4.69) is 0 Å². The minimum Gasteiger partial charge on any atom is -0.385 e. The summed E-state index contributed by atoms with van der Waals surface area (Å²) in [7, 11) is 0. The number of carbonyl (C=O) groups excluding carboxylic acids is 2. The summed E-state index contributed by atoms with van der Waals surface area (Å²) >= 11 is 0. The van der Waals surface area contributed by atoms with Crippen molar-refractivity contribution < 1.29 is 14.7 Å². The third-order valence-corrected chi connectivity index (χ3v) is 1.57. The number of rotatable bonds is 0. The van der Waals surface area contributed by atoms with Crippen LogP contribution in [0.5, 0.6) is 0 Å². The van der Waals surface area contributed by atoms with E-state index in [1.54, 1.807) is 6.92 Å². The Morgan fingerprint density at radius 3 is 2.11 bits per heavy atom. The SMILES string of the molecule is CC1CC(O)C(=O)C1=O. The topological polar surface area (TPSA) is 54.4 Å². The summed E-state index contributed by atoms with van der Waals surface area (Å²) in [6.07, 6.45) is -0.718. The first-order valence-corrected chi connectivity index (χ1v) is 2.89. The smallest absolute Gasteiger partial charge is 0.227 e. The molecule has 0 amide bonds. The van der Waals surface area contributed by atoms with Crippen LogP contribution in [0, 0.1) is 5.92 Å². The maximum Gasteiger partial charge on any atom is 0.227 e. The number of ketones is 2. The van der Waals surface area contributed by atoms with Gasteiger partial charge < -0.3 is 5.11 Å². The van der Waals surface area contributed by atoms with Gasteiger partial charge >= 0.3 is 0 Å². The molecule has 0 spiro atoms. The van der Waals surface area contributed by atoms with Crippen LogP contribution in [0.25, 0.3) is 0 Å². The van der Waals surface area contributed by atoms with E-state index >= 15 is 0 Å². The fourth-order valence-electron chi connectivity index (χ4n) is 0.956. The van der Waals surface area contributed by atoms with Gasteiger partial charge in [-0.25, -0.2) is 0 Å². The summed E-state index contributed by atoms with van der Waals surface area (Å²) < 4.78 is 0. The molecule has 0 radical (unpaired) electrons. The van der Waals surface area contributed by atoms with E-state index < -0.39 is 17.7 Å². The number of aliphatic hydroxyl groups is 1. The lowest BCUT2D eigenvalue weighted by Crippen LogP contribution is -2.18. The van der Waals surface area contributed by atoms with Crippen LogP contribution in [-0.2, 0) is 9.59 Å². The molecule has 1 rings (SSSR count). The average Bonchev–Trinajstić information content (AvgIpc) is 1.98. The number of hydrogen-bond acceptors (Lipinski definition) is 3. The van der Waals surface area contributed by atoms with Crippen LogP contribution in [0.3, 0.4) is 0 Å². The molecule has 0 bridgehead atoms. The van der Waals surface area contributed by atoms with E-state index in [-0.39, 0.29) is 5.92 Å². The van der Waals surface area contributed by atoms with Crippen LogP contribution in [0.1, 0.15) is 13.3 Å². The van der Waals surface area contributed by atoms with Gasteiger partial charge in [-0.05, 0) is 6.42 Å². The molecular formula is C6H8O3. The van der Waals surface area contributed by atoms with E-state index in [1.807, 2.05) is 0 Å². The third kappa shape index (κ3) is 0.876. The quantitative estimate of drug-likeness (QED) is 0.448. The molecule has 0 aromatic heterocycles. The average molecular weight is 128 g/mol. The predicted molar refractivity (Wildman–Crippen MR) is 29.8 cm³/mol. The first kappa shape index (κ1) is 6.42. The monoisotopic (exact) mass is 128 g/mol. The Kier molecular flexibility index (Phi) is 1.37. The lowest BCUT2D eigenvalue weighted by atomic mass is 10.1. The standard InChI is InChI=1S/C6H8O3/c1-3-2-4(7)6(9)5(3)8/h3-4,7H,2H2,1H3. The van der Waals surface area contributed by atoms with Gasteiger partial charge in [0.1, 0.15) is 6.10 Å². The molecule has 0 aromatic rings. The molecular weight excluding hydrogens is 120 g/mol. The molecule has 3 nitrogen and oxygen atoms in total. The van der Waals surface area contributed by atoms with Gasteiger partial charge in [-0.2, -0.15) is 0 Å². The van der Waals surface area contributed by atoms with Gasteiger partial charge in [0, 0.05) is 5.92 Å². The van der Waals surface area contributed by atoms with Gasteiger partial charge in [-0.3, -0.25) is 9.59 Å². The van der Waals surface area contributed by atoms with E-state index in [9.17, 15) is 9.59 Å². The molecule has 0 saturated heterocycles. The highest BCUT2D eigenvalue weighted by Gasteiger charge is 2.36. The number of aliphatic hydroxyl groups excluding tert-OH is 1. The molecule has 1 saturated carbocycles. The molecule has 3 heteroatoms. The molecule has 1 N–H and O–H groups in total. The van der Waals surface area contributed by atoms with E-state index in [0.717, 1.165) is 0 Å². The molecule has 9 heavy (non-hydrogen) atoms. The van der Waals surface area contributed by atoms with Crippen molar-refractivity contribution in [3.05, 3.63) is 0 Å². The zero-order chi connectivity index (χ0) is 7.02. The Morgan fingerprint density at radius 1 is 1.44 bits per heavy atom. The fourth-order valence-corrected chi connectivity index (χ4v) is 0.956. The van der Waals surface area contributed by atoms with E-state index in [4.69, 9.17) is 5.11 Å². The molecule has 2 unspecified atom stereocenters. The summed E-state index contributed by atoms with van der Waals surface area (Å²) in [5, 5.41) is 8.77. The molecule has 0 aromatic carbocycles. The summed E-state index contributed by atoms with van der Waals surface area (Å²) in [5.41, 5.74) is 0.